The summed E-state index contributed by atoms with van der Waals surface area (Å²) in [6.45, 7) is 2.41. The van der Waals surface area contributed by atoms with E-state index in [1.54, 1.807) is 5.56 Å². The maximum atomic E-state index is 4.40. The largest absolute Gasteiger partial charge is 0.295 e. The Hall–Kier alpha value is -1.25. The van der Waals surface area contributed by atoms with Crippen LogP contribution in [-0.2, 0) is 0 Å². The van der Waals surface area contributed by atoms with Gasteiger partial charge < -0.3 is 0 Å². The van der Waals surface area contributed by atoms with Gasteiger partial charge in [0.05, 0.1) is 0 Å². The van der Waals surface area contributed by atoms with E-state index in [9.17, 15) is 0 Å². The van der Waals surface area contributed by atoms with Crippen LogP contribution in [0, 0.1) is 0 Å². The van der Waals surface area contributed by atoms with E-state index in [-0.39, 0.29) is 0 Å². The van der Waals surface area contributed by atoms with Crippen molar-refractivity contribution in [2.75, 3.05) is 13.1 Å². The Morgan fingerprint density at radius 2 is 1.70 bits per heavy atom. The van der Waals surface area contributed by atoms with Gasteiger partial charge in [-0.05, 0) is 48.2 Å². The van der Waals surface area contributed by atoms with Crippen LogP contribution in [0.5, 0.6) is 0 Å². The highest BCUT2D eigenvalue weighted by Gasteiger charge is 2.35. The van der Waals surface area contributed by atoms with E-state index in [0.717, 1.165) is 11.4 Å². The molecule has 0 bridgehead atoms. The van der Waals surface area contributed by atoms with E-state index in [1.807, 2.05) is 0 Å². The quantitative estimate of drug-likeness (QED) is 0.765. The van der Waals surface area contributed by atoms with E-state index < -0.39 is 0 Å². The summed E-state index contributed by atoms with van der Waals surface area (Å²) in [4.78, 5) is 3.71. The van der Waals surface area contributed by atoms with Crippen molar-refractivity contribution >= 4 is 12.6 Å². The van der Waals surface area contributed by atoms with Gasteiger partial charge in [0.25, 0.3) is 0 Å². The molecular weight excluding hydrogens is 262 g/mol. The van der Waals surface area contributed by atoms with Gasteiger partial charge in [0.15, 0.2) is 0 Å². The molecule has 2 aromatic rings. The van der Waals surface area contributed by atoms with Crippen LogP contribution < -0.4 is 0 Å². The van der Waals surface area contributed by atoms with Crippen LogP contribution >= 0.6 is 12.6 Å². The number of hydrogen-bond donors (Lipinski definition) is 1. The van der Waals surface area contributed by atoms with Crippen molar-refractivity contribution in [1.29, 1.82) is 0 Å². The molecule has 0 aromatic heterocycles. The third-order valence-electron chi connectivity index (χ3n) is 4.81. The van der Waals surface area contributed by atoms with Gasteiger partial charge in [-0.25, -0.2) is 0 Å². The number of hydrogen-bond acceptors (Lipinski definition) is 2. The number of rotatable bonds is 1. The summed E-state index contributed by atoms with van der Waals surface area (Å²) < 4.78 is 0. The van der Waals surface area contributed by atoms with Gasteiger partial charge in [0, 0.05) is 23.4 Å². The SMILES string of the molecule is Sc1ccc([C@@H]2CN3CCC[C@@H]3c3ccccc32)cc1. The minimum atomic E-state index is 0.509. The minimum absolute atomic E-state index is 0.509. The average molecular weight is 281 g/mol. The smallest absolute Gasteiger partial charge is 0.0351 e. The second kappa shape index (κ2) is 4.94. The van der Waals surface area contributed by atoms with Crippen molar-refractivity contribution in [1.82, 2.24) is 4.90 Å². The van der Waals surface area contributed by atoms with Gasteiger partial charge in [-0.1, -0.05) is 36.4 Å². The lowest BCUT2D eigenvalue weighted by Gasteiger charge is -2.37. The van der Waals surface area contributed by atoms with E-state index in [4.69, 9.17) is 0 Å². The van der Waals surface area contributed by atoms with Crippen LogP contribution in [0.3, 0.4) is 0 Å². The zero-order valence-electron chi connectivity index (χ0n) is 11.5. The fraction of sp³-hybridized carbons (Fsp3) is 0.333. The number of benzene rings is 2. The van der Waals surface area contributed by atoms with Crippen molar-refractivity contribution < 1.29 is 0 Å². The molecule has 1 nitrogen and oxygen atoms in total. The Morgan fingerprint density at radius 1 is 0.950 bits per heavy atom. The zero-order chi connectivity index (χ0) is 13.5. The van der Waals surface area contributed by atoms with Crippen LogP contribution in [0.2, 0.25) is 0 Å². The summed E-state index contributed by atoms with van der Waals surface area (Å²) in [6, 6.07) is 18.4. The topological polar surface area (TPSA) is 3.24 Å². The molecule has 0 radical (unpaired) electrons. The summed E-state index contributed by atoms with van der Waals surface area (Å²) in [5.74, 6) is 0.509. The summed E-state index contributed by atoms with van der Waals surface area (Å²) in [7, 11) is 0. The van der Waals surface area contributed by atoms with Crippen molar-refractivity contribution in [2.24, 2.45) is 0 Å². The molecule has 0 spiro atoms. The molecule has 2 atom stereocenters. The lowest BCUT2D eigenvalue weighted by Crippen LogP contribution is -2.34. The molecule has 0 saturated carbocycles. The predicted molar refractivity (Wildman–Crippen MR) is 85.5 cm³/mol. The maximum Gasteiger partial charge on any atom is 0.0351 e. The lowest BCUT2D eigenvalue weighted by molar-refractivity contribution is 0.230. The van der Waals surface area contributed by atoms with E-state index >= 15 is 0 Å². The molecule has 0 unspecified atom stereocenters. The van der Waals surface area contributed by atoms with Crippen molar-refractivity contribution in [3.63, 3.8) is 0 Å². The van der Waals surface area contributed by atoms with Gasteiger partial charge >= 0.3 is 0 Å². The van der Waals surface area contributed by atoms with Gasteiger partial charge in [-0.15, -0.1) is 12.6 Å². The molecule has 1 fully saturated rings. The maximum absolute atomic E-state index is 4.40. The first-order valence-electron chi connectivity index (χ1n) is 7.45. The molecule has 0 N–H and O–H groups in total. The second-order valence-electron chi connectivity index (χ2n) is 5.93. The summed E-state index contributed by atoms with van der Waals surface area (Å²) in [5.41, 5.74) is 4.50. The molecule has 2 aliphatic rings. The molecule has 102 valence electrons. The highest BCUT2D eigenvalue weighted by molar-refractivity contribution is 7.80. The van der Waals surface area contributed by atoms with Crippen LogP contribution in [0.4, 0.5) is 0 Å². The van der Waals surface area contributed by atoms with Crippen LogP contribution in [-0.4, -0.2) is 18.0 Å². The fourth-order valence-electron chi connectivity index (χ4n) is 3.85. The normalized spacial score (nSPS) is 25.2. The molecule has 2 heterocycles. The number of nitrogens with zero attached hydrogens (tertiary/aromatic N) is 1. The van der Waals surface area contributed by atoms with Crippen molar-refractivity contribution in [2.45, 2.75) is 29.7 Å². The molecule has 0 aliphatic carbocycles. The van der Waals surface area contributed by atoms with Crippen LogP contribution in [0.25, 0.3) is 0 Å². The first-order chi connectivity index (χ1) is 9.83. The zero-order valence-corrected chi connectivity index (χ0v) is 12.4. The van der Waals surface area contributed by atoms with Gasteiger partial charge in [0.1, 0.15) is 0 Å². The third kappa shape index (κ3) is 1.99. The summed E-state index contributed by atoms with van der Waals surface area (Å²) in [5, 5.41) is 0. The molecule has 1 saturated heterocycles. The Kier molecular flexibility index (Phi) is 3.08. The Balaban J connectivity index is 1.80. The number of thiol groups is 1. The predicted octanol–water partition coefficient (Wildman–Crippen LogP) is 4.26. The molecule has 20 heavy (non-hydrogen) atoms. The standard InChI is InChI=1S/C18H19NS/c20-14-9-7-13(8-10-14)17-12-19-11-3-6-18(19)16-5-2-1-4-15(16)17/h1-2,4-5,7-10,17-18,20H,3,6,11-12H2/t17-,18+/m0/s1. The Labute approximate surface area is 126 Å². The molecule has 2 aliphatic heterocycles. The molecular formula is C18H19NS. The van der Waals surface area contributed by atoms with Crippen molar-refractivity contribution in [3.8, 4) is 0 Å². The second-order valence-corrected chi connectivity index (χ2v) is 6.44. The summed E-state index contributed by atoms with van der Waals surface area (Å²) >= 11 is 4.40. The van der Waals surface area contributed by atoms with Gasteiger partial charge in [-0.2, -0.15) is 0 Å². The minimum Gasteiger partial charge on any atom is -0.295 e. The molecule has 0 amide bonds. The average Bonchev–Trinajstić information content (AvgIpc) is 2.96. The van der Waals surface area contributed by atoms with Crippen LogP contribution in [0.1, 0.15) is 41.5 Å². The highest BCUT2D eigenvalue weighted by Crippen LogP contribution is 2.43. The van der Waals surface area contributed by atoms with Gasteiger partial charge in [-0.3, -0.25) is 4.90 Å². The Bertz CT molecular complexity index is 620. The van der Waals surface area contributed by atoms with E-state index in [0.29, 0.717) is 12.0 Å². The Morgan fingerprint density at radius 3 is 2.50 bits per heavy atom. The third-order valence-corrected chi connectivity index (χ3v) is 5.10. The first-order valence-corrected chi connectivity index (χ1v) is 7.89. The highest BCUT2D eigenvalue weighted by atomic mass is 32.1. The fourth-order valence-corrected chi connectivity index (χ4v) is 4.00. The molecule has 2 aromatic carbocycles. The first kappa shape index (κ1) is 12.5. The van der Waals surface area contributed by atoms with Gasteiger partial charge in [0.2, 0.25) is 0 Å². The monoisotopic (exact) mass is 281 g/mol. The summed E-state index contributed by atoms with van der Waals surface area (Å²) in [6.07, 6.45) is 2.65. The number of fused-ring (bicyclic) bond motifs is 3. The lowest BCUT2D eigenvalue weighted by atomic mass is 9.82. The van der Waals surface area contributed by atoms with E-state index in [2.05, 4.69) is 66.1 Å². The van der Waals surface area contributed by atoms with Crippen LogP contribution in [0.15, 0.2) is 53.4 Å². The molecule has 4 rings (SSSR count). The van der Waals surface area contributed by atoms with Crippen molar-refractivity contribution in [3.05, 3.63) is 65.2 Å². The molecule has 2 heteroatoms. The van der Waals surface area contributed by atoms with E-state index in [1.165, 1.54) is 30.5 Å².